The molecule has 3 aromatic heterocycles. The minimum absolute atomic E-state index is 0.159. The van der Waals surface area contributed by atoms with E-state index in [1.54, 1.807) is 24.5 Å². The van der Waals surface area contributed by atoms with Crippen LogP contribution >= 0.6 is 0 Å². The lowest BCUT2D eigenvalue weighted by Gasteiger charge is -2.11. The van der Waals surface area contributed by atoms with Crippen LogP contribution in [0, 0.1) is 0 Å². The van der Waals surface area contributed by atoms with Crippen molar-refractivity contribution in [3.63, 3.8) is 0 Å². The quantitative estimate of drug-likeness (QED) is 0.365. The van der Waals surface area contributed by atoms with Gasteiger partial charge in [-0.3, -0.25) is 19.0 Å². The summed E-state index contributed by atoms with van der Waals surface area (Å²) in [6, 6.07) is 13.2. The maximum atomic E-state index is 13.1. The van der Waals surface area contributed by atoms with Gasteiger partial charge in [0.1, 0.15) is 0 Å². The van der Waals surface area contributed by atoms with Crippen LogP contribution in [0.1, 0.15) is 54.1 Å². The Kier molecular flexibility index (Phi) is 6.07. The number of rotatable bonds is 7. The van der Waals surface area contributed by atoms with Crippen LogP contribution in [0.2, 0.25) is 0 Å². The van der Waals surface area contributed by atoms with Crippen molar-refractivity contribution in [1.29, 1.82) is 0 Å². The van der Waals surface area contributed by atoms with Gasteiger partial charge in [0.05, 0.1) is 16.5 Å². The number of carbonyl (C=O) groups is 1. The minimum atomic E-state index is -0.218. The molecule has 0 saturated carbocycles. The highest BCUT2D eigenvalue weighted by atomic mass is 16.1. The van der Waals surface area contributed by atoms with E-state index in [4.69, 9.17) is 0 Å². The fourth-order valence-corrected chi connectivity index (χ4v) is 3.68. The Morgan fingerprint density at radius 3 is 2.77 bits per heavy atom. The highest BCUT2D eigenvalue weighted by Gasteiger charge is 2.14. The summed E-state index contributed by atoms with van der Waals surface area (Å²) < 4.78 is 1.46. The van der Waals surface area contributed by atoms with Gasteiger partial charge in [-0.05, 0) is 66.6 Å². The molecular weight excluding hydrogens is 388 g/mol. The molecule has 4 rings (SSSR count). The molecule has 0 aliphatic rings. The summed E-state index contributed by atoms with van der Waals surface area (Å²) in [5.74, 6) is 0.101. The first-order valence-corrected chi connectivity index (χ1v) is 10.7. The molecule has 158 valence electrons. The standard InChI is InChI=1S/C25H26N4O2/c1-17(2)19-10-11-22-21(15-19)25(31)29-14-6-9-20(23(29)28-22)24(30)27-13-4-3-7-18-8-5-12-26-16-18/h5-6,8-12,14-17H,3-4,7,13H2,1-2H3,(H,27,30). The number of nitrogens with zero attached hydrogens (tertiary/aromatic N) is 3. The van der Waals surface area contributed by atoms with Crippen molar-refractivity contribution in [3.8, 4) is 0 Å². The first kappa shape index (κ1) is 20.7. The first-order valence-electron chi connectivity index (χ1n) is 10.7. The zero-order chi connectivity index (χ0) is 21.8. The summed E-state index contributed by atoms with van der Waals surface area (Å²) >= 11 is 0. The molecule has 0 aliphatic carbocycles. The van der Waals surface area contributed by atoms with Crippen LogP contribution in [-0.4, -0.2) is 26.8 Å². The van der Waals surface area contributed by atoms with Crippen molar-refractivity contribution >= 4 is 22.5 Å². The smallest absolute Gasteiger partial charge is 0.265 e. The van der Waals surface area contributed by atoms with E-state index in [9.17, 15) is 9.59 Å². The number of hydrogen-bond donors (Lipinski definition) is 1. The largest absolute Gasteiger partial charge is 0.352 e. The van der Waals surface area contributed by atoms with Gasteiger partial charge in [-0.2, -0.15) is 0 Å². The molecule has 0 atom stereocenters. The van der Waals surface area contributed by atoms with Crippen molar-refractivity contribution in [2.24, 2.45) is 0 Å². The fraction of sp³-hybridized carbons (Fsp3) is 0.280. The van der Waals surface area contributed by atoms with E-state index in [1.807, 2.05) is 30.5 Å². The molecule has 0 bridgehead atoms. The zero-order valence-corrected chi connectivity index (χ0v) is 17.8. The maximum absolute atomic E-state index is 13.1. The van der Waals surface area contributed by atoms with Crippen LogP contribution < -0.4 is 10.9 Å². The molecule has 0 spiro atoms. The van der Waals surface area contributed by atoms with Gasteiger partial charge >= 0.3 is 0 Å². The summed E-state index contributed by atoms with van der Waals surface area (Å²) in [5.41, 5.74) is 3.51. The number of aryl methyl sites for hydroxylation is 1. The molecule has 0 fully saturated rings. The van der Waals surface area contributed by atoms with Crippen LogP contribution in [0.4, 0.5) is 0 Å². The monoisotopic (exact) mass is 414 g/mol. The SMILES string of the molecule is CC(C)c1ccc2nc3c(C(=O)NCCCCc4cccnc4)cccn3c(=O)c2c1. The molecule has 6 nitrogen and oxygen atoms in total. The number of unbranched alkanes of at least 4 members (excludes halogenated alkanes) is 1. The van der Waals surface area contributed by atoms with E-state index in [0.717, 1.165) is 24.8 Å². The third-order valence-electron chi connectivity index (χ3n) is 5.48. The lowest BCUT2D eigenvalue weighted by molar-refractivity contribution is 0.0954. The fourth-order valence-electron chi connectivity index (χ4n) is 3.68. The highest BCUT2D eigenvalue weighted by molar-refractivity contribution is 6.00. The first-order chi connectivity index (χ1) is 15.0. The predicted molar refractivity (Wildman–Crippen MR) is 123 cm³/mol. The number of pyridine rings is 2. The summed E-state index contributed by atoms with van der Waals surface area (Å²) in [6.45, 7) is 4.74. The Bertz CT molecular complexity index is 1280. The van der Waals surface area contributed by atoms with Crippen LogP contribution in [0.25, 0.3) is 16.6 Å². The Morgan fingerprint density at radius 2 is 2.00 bits per heavy atom. The third kappa shape index (κ3) is 4.48. The number of amides is 1. The van der Waals surface area contributed by atoms with Crippen molar-refractivity contribution in [3.05, 3.63) is 88.1 Å². The Labute approximate surface area is 181 Å². The Hall–Kier alpha value is -3.54. The molecule has 3 heterocycles. The molecule has 31 heavy (non-hydrogen) atoms. The lowest BCUT2D eigenvalue weighted by Crippen LogP contribution is -2.27. The number of aromatic nitrogens is 3. The molecule has 6 heteroatoms. The minimum Gasteiger partial charge on any atom is -0.352 e. The van der Waals surface area contributed by atoms with Gasteiger partial charge in [0.15, 0.2) is 5.65 Å². The van der Waals surface area contributed by atoms with Crippen LogP contribution in [0.3, 0.4) is 0 Å². The second kappa shape index (κ2) is 9.08. The average Bonchev–Trinajstić information content (AvgIpc) is 2.79. The number of carbonyl (C=O) groups excluding carboxylic acids is 1. The molecule has 1 amide bonds. The topological polar surface area (TPSA) is 76.4 Å². The molecule has 4 aromatic rings. The summed E-state index contributed by atoms with van der Waals surface area (Å²) in [5, 5.41) is 3.53. The van der Waals surface area contributed by atoms with Gasteiger partial charge in [0, 0.05) is 25.1 Å². The van der Waals surface area contributed by atoms with Crippen LogP contribution in [0.5, 0.6) is 0 Å². The highest BCUT2D eigenvalue weighted by Crippen LogP contribution is 2.19. The normalized spacial score (nSPS) is 11.3. The number of benzene rings is 1. The number of hydrogen-bond acceptors (Lipinski definition) is 4. The third-order valence-corrected chi connectivity index (χ3v) is 5.48. The van der Waals surface area contributed by atoms with Crippen molar-refractivity contribution < 1.29 is 4.79 Å². The van der Waals surface area contributed by atoms with E-state index in [2.05, 4.69) is 35.2 Å². The zero-order valence-electron chi connectivity index (χ0n) is 17.8. The van der Waals surface area contributed by atoms with Gasteiger partial charge in [0.2, 0.25) is 0 Å². The molecule has 1 aromatic carbocycles. The average molecular weight is 415 g/mol. The molecule has 0 unspecified atom stereocenters. The summed E-state index contributed by atoms with van der Waals surface area (Å²) in [6.07, 6.45) is 8.05. The number of nitrogens with one attached hydrogen (secondary N) is 1. The molecule has 1 N–H and O–H groups in total. The van der Waals surface area contributed by atoms with Crippen LogP contribution in [0.15, 0.2) is 65.8 Å². The second-order valence-electron chi connectivity index (χ2n) is 8.04. The van der Waals surface area contributed by atoms with E-state index < -0.39 is 0 Å². The lowest BCUT2D eigenvalue weighted by atomic mass is 10.0. The van der Waals surface area contributed by atoms with E-state index in [-0.39, 0.29) is 11.5 Å². The van der Waals surface area contributed by atoms with E-state index in [0.29, 0.717) is 34.6 Å². The van der Waals surface area contributed by atoms with E-state index in [1.165, 1.54) is 9.96 Å². The van der Waals surface area contributed by atoms with Crippen molar-refractivity contribution in [2.45, 2.75) is 39.0 Å². The van der Waals surface area contributed by atoms with Crippen LogP contribution in [-0.2, 0) is 6.42 Å². The number of fused-ring (bicyclic) bond motifs is 2. The van der Waals surface area contributed by atoms with Gasteiger partial charge in [-0.15, -0.1) is 0 Å². The Morgan fingerprint density at radius 1 is 1.13 bits per heavy atom. The molecular formula is C25H26N4O2. The summed E-state index contributed by atoms with van der Waals surface area (Å²) in [7, 11) is 0. The van der Waals surface area contributed by atoms with Gasteiger partial charge in [-0.25, -0.2) is 4.98 Å². The van der Waals surface area contributed by atoms with E-state index >= 15 is 0 Å². The van der Waals surface area contributed by atoms with Crippen molar-refractivity contribution in [2.75, 3.05) is 6.54 Å². The maximum Gasteiger partial charge on any atom is 0.265 e. The van der Waals surface area contributed by atoms with Gasteiger partial charge in [-0.1, -0.05) is 26.0 Å². The molecule has 0 saturated heterocycles. The predicted octanol–water partition coefficient (Wildman–Crippen LogP) is 4.12. The Balaban J connectivity index is 1.52. The second-order valence-corrected chi connectivity index (χ2v) is 8.04. The molecule has 0 radical (unpaired) electrons. The molecule has 0 aliphatic heterocycles. The van der Waals surface area contributed by atoms with Gasteiger partial charge < -0.3 is 5.32 Å². The summed E-state index contributed by atoms with van der Waals surface area (Å²) in [4.78, 5) is 34.6. The van der Waals surface area contributed by atoms with Crippen molar-refractivity contribution in [1.82, 2.24) is 19.7 Å². The van der Waals surface area contributed by atoms with Gasteiger partial charge in [0.25, 0.3) is 11.5 Å².